The Morgan fingerprint density at radius 3 is 2.06 bits per heavy atom. The van der Waals surface area contributed by atoms with Crippen LogP contribution >= 0.6 is 12.8 Å². The quantitative estimate of drug-likeness (QED) is 0.137. The molecular weight excluding hydrogens is 699 g/mol. The zero-order valence-electron chi connectivity index (χ0n) is 33.6. The third-order valence-electron chi connectivity index (χ3n) is 10.7. The third kappa shape index (κ3) is 12.4. The number of nitrogens with one attached hydrogen (secondary N) is 2. The van der Waals surface area contributed by atoms with E-state index in [-0.39, 0.29) is 48.3 Å². The Hall–Kier alpha value is -3.20. The van der Waals surface area contributed by atoms with Gasteiger partial charge in [-0.1, -0.05) is 98.0 Å². The van der Waals surface area contributed by atoms with Crippen LogP contribution in [0.5, 0.6) is 0 Å². The van der Waals surface area contributed by atoms with Crippen molar-refractivity contribution in [1.29, 1.82) is 0 Å². The molecule has 0 aliphatic carbocycles. The largest absolute Gasteiger partial charge is 0.480 e. The number of carbonyl (C=O) groups is 5. The van der Waals surface area contributed by atoms with Gasteiger partial charge >= 0.3 is 5.97 Å². The van der Waals surface area contributed by atoms with E-state index < -0.39 is 60.2 Å². The maximum Gasteiger partial charge on any atom is 0.326 e. The van der Waals surface area contributed by atoms with E-state index >= 15 is 0 Å². The molecule has 0 aromatic heterocycles. The van der Waals surface area contributed by atoms with E-state index in [4.69, 9.17) is 9.47 Å². The molecule has 9 atom stereocenters. The van der Waals surface area contributed by atoms with E-state index in [9.17, 15) is 29.1 Å². The highest BCUT2D eigenvalue weighted by Crippen LogP contribution is 2.30. The molecule has 3 N–H and O–H groups in total. The van der Waals surface area contributed by atoms with Crippen molar-refractivity contribution in [3.8, 4) is 0 Å². The van der Waals surface area contributed by atoms with Gasteiger partial charge in [-0.25, -0.2) is 9.10 Å². The summed E-state index contributed by atoms with van der Waals surface area (Å²) in [4.78, 5) is 70.6. The summed E-state index contributed by atoms with van der Waals surface area (Å²) in [5.41, 5.74) is 0.782. The SMILES string of the molecule is CC[C@H](C)[C@@H]([C@@H](CC(=O)N1CCC[C@H]1[C@H](OC)[C@@H](C)C(=O)N[C@@H](Cc1ccccc1)C(=O)O)OC)N(C)C(=O)[C@@H](NC(=O)[C@H](C(C)C)N(C)S)C(C)C. The van der Waals surface area contributed by atoms with Crippen LogP contribution in [-0.2, 0) is 39.9 Å². The van der Waals surface area contributed by atoms with Crippen LogP contribution in [0.1, 0.15) is 79.7 Å². The average Bonchev–Trinajstić information content (AvgIpc) is 3.59. The standard InChI is InChI=1S/C39H65N5O8S/c1-12-25(6)34(42(8)38(48)32(23(2)3)41-37(47)33(24(4)5)43(9)53)30(51-10)22-31(45)44-20-16-19-29(44)35(52-11)26(7)36(46)40-28(39(49)50)21-27-17-14-13-15-18-27/h13-15,17-18,23-26,28-30,32-35,53H,12,16,19-22H2,1-11H3,(H,40,46)(H,41,47)(H,49,50)/t25-,26+,28-,29-,30+,32-,33-,34-,35+/m0/s1. The first-order valence-electron chi connectivity index (χ1n) is 18.8. The first-order chi connectivity index (χ1) is 24.9. The Labute approximate surface area is 322 Å². The first-order valence-corrected chi connectivity index (χ1v) is 19.2. The van der Waals surface area contributed by atoms with E-state index in [0.29, 0.717) is 25.8 Å². The smallest absolute Gasteiger partial charge is 0.326 e. The lowest BCUT2D eigenvalue weighted by atomic mass is 9.89. The molecule has 13 nitrogen and oxygen atoms in total. The second kappa shape index (κ2) is 21.6. The van der Waals surface area contributed by atoms with Gasteiger partial charge in [-0.3, -0.25) is 19.2 Å². The molecule has 1 heterocycles. The normalized spacial score (nSPS) is 19.2. The van der Waals surface area contributed by atoms with Crippen LogP contribution in [0.25, 0.3) is 0 Å². The molecule has 4 amide bonds. The van der Waals surface area contributed by atoms with Crippen molar-refractivity contribution in [3.05, 3.63) is 35.9 Å². The summed E-state index contributed by atoms with van der Waals surface area (Å²) in [5, 5.41) is 15.5. The highest BCUT2D eigenvalue weighted by Gasteiger charge is 2.43. The second-order valence-corrected chi connectivity index (χ2v) is 15.8. The monoisotopic (exact) mass is 763 g/mol. The minimum Gasteiger partial charge on any atom is -0.480 e. The summed E-state index contributed by atoms with van der Waals surface area (Å²) >= 11 is 4.38. The van der Waals surface area contributed by atoms with Crippen molar-refractivity contribution < 1.29 is 38.6 Å². The van der Waals surface area contributed by atoms with Gasteiger partial charge in [-0.05, 0) is 43.2 Å². The molecule has 0 bridgehead atoms. The van der Waals surface area contributed by atoms with Crippen molar-refractivity contribution in [2.75, 3.05) is 34.9 Å². The topological polar surface area (TPSA) is 158 Å². The average molecular weight is 764 g/mol. The fraction of sp³-hybridized carbons (Fsp3) is 0.718. The molecule has 1 aromatic carbocycles. The number of nitrogens with zero attached hydrogens (tertiary/aromatic N) is 3. The second-order valence-electron chi connectivity index (χ2n) is 15.2. The number of methoxy groups -OCH3 is 2. The lowest BCUT2D eigenvalue weighted by Crippen LogP contribution is -2.59. The number of hydrogen-bond acceptors (Lipinski definition) is 9. The Bertz CT molecular complexity index is 1340. The maximum absolute atomic E-state index is 14.2. The van der Waals surface area contributed by atoms with Crippen LogP contribution in [0.15, 0.2) is 30.3 Å². The minimum atomic E-state index is -1.14. The number of carboxylic acids is 1. The Morgan fingerprint density at radius 2 is 1.57 bits per heavy atom. The third-order valence-corrected chi connectivity index (χ3v) is 10.9. The number of likely N-dealkylation sites (N-methyl/N-ethyl adjacent to an activating group) is 2. The van der Waals surface area contributed by atoms with Crippen LogP contribution in [0.4, 0.5) is 0 Å². The van der Waals surface area contributed by atoms with Crippen molar-refractivity contribution in [1.82, 2.24) is 24.7 Å². The number of carbonyl (C=O) groups excluding carboxylic acids is 4. The number of thiol groups is 1. The van der Waals surface area contributed by atoms with Gasteiger partial charge in [0.15, 0.2) is 0 Å². The summed E-state index contributed by atoms with van der Waals surface area (Å²) in [6, 6.07) is 5.69. The van der Waals surface area contributed by atoms with Crippen molar-refractivity contribution in [2.24, 2.45) is 23.7 Å². The van der Waals surface area contributed by atoms with Gasteiger partial charge in [0.2, 0.25) is 23.6 Å². The molecule has 1 aliphatic heterocycles. The van der Waals surface area contributed by atoms with E-state index in [1.54, 1.807) is 35.1 Å². The van der Waals surface area contributed by atoms with Crippen molar-refractivity contribution in [3.63, 3.8) is 0 Å². The number of likely N-dealkylation sites (tertiary alicyclic amines) is 1. The van der Waals surface area contributed by atoms with E-state index in [0.717, 1.165) is 5.56 Å². The Morgan fingerprint density at radius 1 is 0.943 bits per heavy atom. The van der Waals surface area contributed by atoms with Gasteiger partial charge in [-0.2, -0.15) is 0 Å². The number of carboxylic acid groups (broad SMARTS) is 1. The van der Waals surface area contributed by atoms with E-state index in [1.807, 2.05) is 71.9 Å². The van der Waals surface area contributed by atoms with Crippen molar-refractivity contribution >= 4 is 42.4 Å². The predicted molar refractivity (Wildman–Crippen MR) is 208 cm³/mol. The van der Waals surface area contributed by atoms with Gasteiger partial charge in [0.1, 0.15) is 18.1 Å². The number of aliphatic carboxylic acids is 1. The summed E-state index contributed by atoms with van der Waals surface area (Å²) < 4.78 is 13.4. The van der Waals surface area contributed by atoms with E-state index in [2.05, 4.69) is 23.4 Å². The van der Waals surface area contributed by atoms with Gasteiger partial charge in [0, 0.05) is 34.2 Å². The first kappa shape index (κ1) is 46.0. The zero-order chi connectivity index (χ0) is 40.2. The van der Waals surface area contributed by atoms with Crippen LogP contribution < -0.4 is 10.6 Å². The summed E-state index contributed by atoms with van der Waals surface area (Å²) in [5.74, 6) is -3.44. The molecule has 1 saturated heterocycles. The summed E-state index contributed by atoms with van der Waals surface area (Å²) in [6.45, 7) is 13.8. The molecule has 1 aliphatic rings. The summed E-state index contributed by atoms with van der Waals surface area (Å²) in [6.07, 6.45) is 0.768. The number of ether oxygens (including phenoxy) is 2. The van der Waals surface area contributed by atoms with Gasteiger partial charge in [0.25, 0.3) is 0 Å². The molecular formula is C39H65N5O8S. The van der Waals surface area contributed by atoms with Crippen LogP contribution in [0, 0.1) is 23.7 Å². The van der Waals surface area contributed by atoms with Crippen LogP contribution in [-0.4, -0.2) is 126 Å². The molecule has 0 saturated carbocycles. The highest BCUT2D eigenvalue weighted by molar-refractivity contribution is 7.77. The molecule has 0 spiro atoms. The molecule has 1 aromatic rings. The van der Waals surface area contributed by atoms with Gasteiger partial charge in [-0.15, -0.1) is 0 Å². The number of benzene rings is 1. The fourth-order valence-corrected chi connectivity index (χ4v) is 7.91. The summed E-state index contributed by atoms with van der Waals surface area (Å²) in [7, 11) is 6.43. The van der Waals surface area contributed by atoms with Gasteiger partial charge < -0.3 is 35.0 Å². The van der Waals surface area contributed by atoms with E-state index in [1.165, 1.54) is 14.2 Å². The molecule has 0 unspecified atom stereocenters. The number of amides is 4. The van der Waals surface area contributed by atoms with Crippen LogP contribution in [0.2, 0.25) is 0 Å². The Balaban J connectivity index is 2.27. The zero-order valence-corrected chi connectivity index (χ0v) is 34.5. The highest BCUT2D eigenvalue weighted by atomic mass is 32.1. The molecule has 14 heteroatoms. The van der Waals surface area contributed by atoms with Crippen molar-refractivity contribution in [2.45, 2.75) is 123 Å². The molecule has 300 valence electrons. The van der Waals surface area contributed by atoms with Crippen LogP contribution in [0.3, 0.4) is 0 Å². The number of rotatable bonds is 21. The van der Waals surface area contributed by atoms with Gasteiger partial charge in [0.05, 0.1) is 36.6 Å². The Kier molecular flexibility index (Phi) is 18.8. The number of hydrogen-bond donors (Lipinski definition) is 4. The molecule has 0 radical (unpaired) electrons. The lowest BCUT2D eigenvalue weighted by molar-refractivity contribution is -0.148. The lowest BCUT2D eigenvalue weighted by Gasteiger charge is -2.41. The minimum absolute atomic E-state index is 0.0205. The molecule has 1 fully saturated rings. The fourth-order valence-electron chi connectivity index (χ4n) is 7.53. The molecule has 53 heavy (non-hydrogen) atoms. The predicted octanol–water partition coefficient (Wildman–Crippen LogP) is 3.66. The maximum atomic E-state index is 14.2. The molecule has 2 rings (SSSR count).